The first kappa shape index (κ1) is 16.7. The lowest BCUT2D eigenvalue weighted by Gasteiger charge is -2.41. The monoisotopic (exact) mass is 334 g/mol. The van der Waals surface area contributed by atoms with Crippen LogP contribution in [0.2, 0.25) is 0 Å². The summed E-state index contributed by atoms with van der Waals surface area (Å²) in [6.45, 7) is 2.02. The molecule has 3 rings (SSSR count). The Labute approximate surface area is 140 Å². The zero-order valence-electron chi connectivity index (χ0n) is 14.1. The van der Waals surface area contributed by atoms with Crippen LogP contribution in [0.15, 0.2) is 18.3 Å². The molecule has 2 fully saturated rings. The van der Waals surface area contributed by atoms with Gasteiger partial charge in [-0.2, -0.15) is 0 Å². The molecule has 1 amide bonds. The fourth-order valence-corrected chi connectivity index (χ4v) is 3.64. The SMILES string of the molecule is COC(=O)[C@@H]1C[C@@H]2[C@@H](CC[C@@H](C)N2C(=O)c2cccnc2OC)O1. The van der Waals surface area contributed by atoms with Gasteiger partial charge in [0.2, 0.25) is 5.88 Å². The van der Waals surface area contributed by atoms with Crippen molar-refractivity contribution in [3.63, 3.8) is 0 Å². The van der Waals surface area contributed by atoms with Gasteiger partial charge in [0.15, 0.2) is 6.10 Å². The van der Waals surface area contributed by atoms with Gasteiger partial charge in [0.1, 0.15) is 5.56 Å². The third-order valence-corrected chi connectivity index (χ3v) is 4.82. The van der Waals surface area contributed by atoms with Crippen LogP contribution in [0.4, 0.5) is 0 Å². The number of piperidine rings is 1. The number of carbonyl (C=O) groups excluding carboxylic acids is 2. The van der Waals surface area contributed by atoms with Crippen molar-refractivity contribution in [2.75, 3.05) is 14.2 Å². The molecule has 0 bridgehead atoms. The highest BCUT2D eigenvalue weighted by Crippen LogP contribution is 2.36. The van der Waals surface area contributed by atoms with Crippen LogP contribution in [0.1, 0.15) is 36.5 Å². The molecule has 7 heteroatoms. The van der Waals surface area contributed by atoms with Gasteiger partial charge in [-0.15, -0.1) is 0 Å². The predicted octanol–water partition coefficient (Wildman–Crippen LogP) is 1.41. The van der Waals surface area contributed by atoms with Crippen molar-refractivity contribution in [2.45, 2.75) is 50.5 Å². The van der Waals surface area contributed by atoms with Crippen molar-refractivity contribution in [3.8, 4) is 5.88 Å². The van der Waals surface area contributed by atoms with Crippen LogP contribution in [0.3, 0.4) is 0 Å². The van der Waals surface area contributed by atoms with Crippen LogP contribution in [-0.4, -0.2) is 60.3 Å². The van der Waals surface area contributed by atoms with Gasteiger partial charge in [0, 0.05) is 18.7 Å². The second kappa shape index (κ2) is 6.76. The Morgan fingerprint density at radius 1 is 1.33 bits per heavy atom. The first-order valence-electron chi connectivity index (χ1n) is 8.11. The number of hydrogen-bond donors (Lipinski definition) is 0. The van der Waals surface area contributed by atoms with Crippen molar-refractivity contribution in [2.24, 2.45) is 0 Å². The maximum absolute atomic E-state index is 13.1. The summed E-state index contributed by atoms with van der Waals surface area (Å²) in [6.07, 6.45) is 2.94. The molecule has 0 spiro atoms. The van der Waals surface area contributed by atoms with Crippen molar-refractivity contribution in [1.29, 1.82) is 0 Å². The molecule has 0 aliphatic carbocycles. The van der Waals surface area contributed by atoms with Gasteiger partial charge in [0.25, 0.3) is 5.91 Å². The van der Waals surface area contributed by atoms with Gasteiger partial charge in [-0.25, -0.2) is 9.78 Å². The molecule has 1 aromatic rings. The molecular formula is C17H22N2O5. The van der Waals surface area contributed by atoms with Crippen LogP contribution < -0.4 is 4.74 Å². The average molecular weight is 334 g/mol. The first-order chi connectivity index (χ1) is 11.6. The largest absolute Gasteiger partial charge is 0.480 e. The molecule has 0 unspecified atom stereocenters. The molecule has 24 heavy (non-hydrogen) atoms. The fraction of sp³-hybridized carbons (Fsp3) is 0.588. The van der Waals surface area contributed by atoms with Crippen molar-refractivity contribution in [3.05, 3.63) is 23.9 Å². The lowest BCUT2D eigenvalue weighted by atomic mass is 9.92. The van der Waals surface area contributed by atoms with E-state index in [1.165, 1.54) is 14.2 Å². The minimum atomic E-state index is -0.610. The standard InChI is InChI=1S/C17H22N2O5/c1-10-6-7-13-12(9-14(24-13)17(21)23-3)19(10)16(20)11-5-4-8-18-15(11)22-2/h4-5,8,10,12-14H,6-7,9H2,1-3H3/t10-,12-,13-,14+/m1/s1. The van der Waals surface area contributed by atoms with Crippen molar-refractivity contribution >= 4 is 11.9 Å². The van der Waals surface area contributed by atoms with Gasteiger partial charge < -0.3 is 19.1 Å². The Kier molecular flexibility index (Phi) is 4.71. The summed E-state index contributed by atoms with van der Waals surface area (Å²) in [5.74, 6) is -0.222. The third kappa shape index (κ3) is 2.84. The highest BCUT2D eigenvalue weighted by Gasteiger charge is 2.48. The van der Waals surface area contributed by atoms with E-state index in [1.807, 2.05) is 11.8 Å². The smallest absolute Gasteiger partial charge is 0.335 e. The number of methoxy groups -OCH3 is 2. The second-order valence-electron chi connectivity index (χ2n) is 6.19. The van der Waals surface area contributed by atoms with E-state index < -0.39 is 6.10 Å². The molecule has 7 nitrogen and oxygen atoms in total. The van der Waals surface area contributed by atoms with Crippen LogP contribution >= 0.6 is 0 Å². The number of fused-ring (bicyclic) bond motifs is 1. The van der Waals surface area contributed by atoms with E-state index in [2.05, 4.69) is 4.98 Å². The van der Waals surface area contributed by atoms with Crippen LogP contribution in [0.25, 0.3) is 0 Å². The highest BCUT2D eigenvalue weighted by molar-refractivity contribution is 5.97. The number of rotatable bonds is 3. The molecule has 1 aromatic heterocycles. The molecule has 0 radical (unpaired) electrons. The number of esters is 1. The molecule has 2 aliphatic rings. The number of amides is 1. The Hall–Kier alpha value is -2.15. The normalized spacial score (nSPS) is 29.0. The van der Waals surface area contributed by atoms with Crippen LogP contribution in [-0.2, 0) is 14.3 Å². The lowest BCUT2D eigenvalue weighted by Crippen LogP contribution is -2.53. The Morgan fingerprint density at radius 3 is 2.83 bits per heavy atom. The molecular weight excluding hydrogens is 312 g/mol. The second-order valence-corrected chi connectivity index (χ2v) is 6.19. The molecule has 3 heterocycles. The topological polar surface area (TPSA) is 78.0 Å². The summed E-state index contributed by atoms with van der Waals surface area (Å²) >= 11 is 0. The van der Waals surface area contributed by atoms with Gasteiger partial charge in [-0.3, -0.25) is 4.79 Å². The molecule has 2 aliphatic heterocycles. The van der Waals surface area contributed by atoms with E-state index in [0.29, 0.717) is 17.9 Å². The quantitative estimate of drug-likeness (QED) is 0.778. The number of pyridine rings is 1. The summed E-state index contributed by atoms with van der Waals surface area (Å²) < 4.78 is 15.8. The molecule has 0 aromatic carbocycles. The molecule has 2 saturated heterocycles. The maximum atomic E-state index is 13.1. The number of carbonyl (C=O) groups is 2. The van der Waals surface area contributed by atoms with Gasteiger partial charge in [-0.05, 0) is 31.9 Å². The molecule has 0 N–H and O–H groups in total. The average Bonchev–Trinajstić information content (AvgIpc) is 3.04. The van der Waals surface area contributed by atoms with E-state index in [-0.39, 0.29) is 30.1 Å². The summed E-state index contributed by atoms with van der Waals surface area (Å²) in [5.41, 5.74) is 0.425. The summed E-state index contributed by atoms with van der Waals surface area (Å²) in [5, 5.41) is 0. The zero-order valence-corrected chi connectivity index (χ0v) is 14.1. The van der Waals surface area contributed by atoms with E-state index >= 15 is 0 Å². The van der Waals surface area contributed by atoms with Gasteiger partial charge in [0.05, 0.1) is 26.4 Å². The van der Waals surface area contributed by atoms with E-state index in [0.717, 1.165) is 12.8 Å². The lowest BCUT2D eigenvalue weighted by molar-refractivity contribution is -0.153. The number of aromatic nitrogens is 1. The Bertz CT molecular complexity index is 635. The van der Waals surface area contributed by atoms with E-state index in [1.54, 1.807) is 18.3 Å². The third-order valence-electron chi connectivity index (χ3n) is 4.82. The maximum Gasteiger partial charge on any atom is 0.335 e. The summed E-state index contributed by atoms with van der Waals surface area (Å²) in [4.78, 5) is 30.8. The Morgan fingerprint density at radius 2 is 2.12 bits per heavy atom. The first-order valence-corrected chi connectivity index (χ1v) is 8.11. The number of ether oxygens (including phenoxy) is 3. The fourth-order valence-electron chi connectivity index (χ4n) is 3.64. The minimum absolute atomic E-state index is 0.0589. The zero-order chi connectivity index (χ0) is 17.3. The van der Waals surface area contributed by atoms with E-state index in [4.69, 9.17) is 14.2 Å². The number of hydrogen-bond acceptors (Lipinski definition) is 6. The summed E-state index contributed by atoms with van der Waals surface area (Å²) in [6, 6.07) is 3.33. The van der Waals surface area contributed by atoms with Crippen molar-refractivity contribution in [1.82, 2.24) is 9.88 Å². The van der Waals surface area contributed by atoms with Gasteiger partial charge in [-0.1, -0.05) is 0 Å². The predicted molar refractivity (Wildman–Crippen MR) is 84.7 cm³/mol. The molecule has 4 atom stereocenters. The van der Waals surface area contributed by atoms with Gasteiger partial charge >= 0.3 is 5.97 Å². The minimum Gasteiger partial charge on any atom is -0.480 e. The number of nitrogens with zero attached hydrogens (tertiary/aromatic N) is 2. The number of likely N-dealkylation sites (tertiary alicyclic amines) is 1. The van der Waals surface area contributed by atoms with Crippen LogP contribution in [0.5, 0.6) is 5.88 Å². The summed E-state index contributed by atoms with van der Waals surface area (Å²) in [7, 11) is 2.84. The highest BCUT2D eigenvalue weighted by atomic mass is 16.6. The van der Waals surface area contributed by atoms with Crippen molar-refractivity contribution < 1.29 is 23.8 Å². The Balaban J connectivity index is 1.87. The molecule has 130 valence electrons. The molecule has 0 saturated carbocycles. The van der Waals surface area contributed by atoms with E-state index in [9.17, 15) is 9.59 Å². The van der Waals surface area contributed by atoms with Crippen LogP contribution in [0, 0.1) is 0 Å².